The topological polar surface area (TPSA) is 29.4 Å². The van der Waals surface area contributed by atoms with E-state index in [1.54, 1.807) is 12.2 Å². The molecule has 128 valence electrons. The normalized spacial score (nSPS) is 15.0. The summed E-state index contributed by atoms with van der Waals surface area (Å²) in [6.07, 6.45) is 7.66. The summed E-state index contributed by atoms with van der Waals surface area (Å²) in [5.41, 5.74) is 8.16. The van der Waals surface area contributed by atoms with Crippen LogP contribution in [0.2, 0.25) is 0 Å². The molecular weight excluding hydrogens is 306 g/mol. The van der Waals surface area contributed by atoms with E-state index in [1.165, 1.54) is 0 Å². The molecule has 2 nitrogen and oxygen atoms in total. The molecule has 25 heavy (non-hydrogen) atoms. The van der Waals surface area contributed by atoms with Crippen molar-refractivity contribution in [3.05, 3.63) is 84.0 Å². The lowest BCUT2D eigenvalue weighted by Gasteiger charge is -2.16. The second-order valence-corrected chi connectivity index (χ2v) is 6.44. The minimum atomic E-state index is 0.0800. The van der Waals surface area contributed by atoms with E-state index in [1.807, 2.05) is 26.0 Å². The van der Waals surface area contributed by atoms with Gasteiger partial charge in [-0.3, -0.25) is 9.79 Å². The number of hydrogen-bond acceptors (Lipinski definition) is 2. The number of allylic oxidation sites excluding steroid dienone is 6. The highest BCUT2D eigenvalue weighted by molar-refractivity contribution is 6.04. The van der Waals surface area contributed by atoms with Crippen LogP contribution in [0.15, 0.2) is 66.7 Å². The van der Waals surface area contributed by atoms with Crippen LogP contribution in [-0.2, 0) is 4.79 Å². The lowest BCUT2D eigenvalue weighted by atomic mass is 9.89. The minimum absolute atomic E-state index is 0.0800. The molecule has 0 spiro atoms. The van der Waals surface area contributed by atoms with Crippen LogP contribution in [0.3, 0.4) is 0 Å². The maximum Gasteiger partial charge on any atom is 0.160 e. The summed E-state index contributed by atoms with van der Waals surface area (Å²) in [5, 5.41) is 0. The quantitative estimate of drug-likeness (QED) is 0.518. The van der Waals surface area contributed by atoms with Crippen LogP contribution in [0.1, 0.15) is 42.5 Å². The summed E-state index contributed by atoms with van der Waals surface area (Å²) in [6.45, 7) is 18.5. The van der Waals surface area contributed by atoms with Crippen LogP contribution < -0.4 is 0 Å². The Morgan fingerprint density at radius 2 is 1.96 bits per heavy atom. The third kappa shape index (κ3) is 4.42. The number of benzene rings is 1. The summed E-state index contributed by atoms with van der Waals surface area (Å²) in [5.74, 6) is 0.0800. The van der Waals surface area contributed by atoms with Gasteiger partial charge in [-0.15, -0.1) is 6.58 Å². The molecular formula is C23H25NO. The van der Waals surface area contributed by atoms with E-state index in [4.69, 9.17) is 0 Å². The molecule has 2 rings (SSSR count). The molecule has 0 N–H and O–H groups in total. The fourth-order valence-corrected chi connectivity index (χ4v) is 2.91. The predicted octanol–water partition coefficient (Wildman–Crippen LogP) is 5.49. The Morgan fingerprint density at radius 1 is 1.24 bits per heavy atom. The number of rotatable bonds is 5. The maximum atomic E-state index is 11.8. The van der Waals surface area contributed by atoms with E-state index >= 15 is 0 Å². The largest absolute Gasteiger partial charge is 0.294 e. The summed E-state index contributed by atoms with van der Waals surface area (Å²) in [7, 11) is 0. The van der Waals surface area contributed by atoms with Gasteiger partial charge in [-0.25, -0.2) is 0 Å². The second kappa shape index (κ2) is 7.89. The first-order valence-electron chi connectivity index (χ1n) is 8.37. The standard InChI is InChI=1S/C23H25NO/c1-7-10-24-18(6)23-14-22(17(5)13-21(23)15(2)3)19-8-9-20(25)12-16(4)11-19/h7-9,11,13-14H,1-2,4,10,12H2,3,5-6H3. The van der Waals surface area contributed by atoms with Crippen molar-refractivity contribution >= 4 is 22.6 Å². The summed E-state index contributed by atoms with van der Waals surface area (Å²) in [4.78, 5) is 16.3. The van der Waals surface area contributed by atoms with Gasteiger partial charge in [0.25, 0.3) is 0 Å². The first-order valence-corrected chi connectivity index (χ1v) is 8.37. The molecule has 0 radical (unpaired) electrons. The zero-order valence-corrected chi connectivity index (χ0v) is 15.4. The highest BCUT2D eigenvalue weighted by atomic mass is 16.1. The molecule has 0 saturated heterocycles. The van der Waals surface area contributed by atoms with Gasteiger partial charge in [0, 0.05) is 17.7 Å². The minimum Gasteiger partial charge on any atom is -0.294 e. The molecule has 0 amide bonds. The van der Waals surface area contributed by atoms with Crippen LogP contribution in [0.4, 0.5) is 0 Å². The monoisotopic (exact) mass is 331 g/mol. The van der Waals surface area contributed by atoms with Crippen molar-refractivity contribution in [1.29, 1.82) is 0 Å². The fraction of sp³-hybridized carbons (Fsp3) is 0.217. The van der Waals surface area contributed by atoms with Gasteiger partial charge in [0.15, 0.2) is 5.78 Å². The van der Waals surface area contributed by atoms with E-state index in [2.05, 4.69) is 43.8 Å². The third-order valence-corrected chi connectivity index (χ3v) is 4.19. The number of aryl methyl sites for hydroxylation is 1. The Kier molecular flexibility index (Phi) is 5.87. The van der Waals surface area contributed by atoms with E-state index in [0.29, 0.717) is 13.0 Å². The molecule has 0 saturated carbocycles. The van der Waals surface area contributed by atoms with Crippen molar-refractivity contribution in [2.45, 2.75) is 27.2 Å². The second-order valence-electron chi connectivity index (χ2n) is 6.44. The lowest BCUT2D eigenvalue weighted by molar-refractivity contribution is -0.113. The molecule has 0 bridgehead atoms. The molecule has 0 aromatic heterocycles. The van der Waals surface area contributed by atoms with Crippen molar-refractivity contribution in [1.82, 2.24) is 0 Å². The fourth-order valence-electron chi connectivity index (χ4n) is 2.91. The van der Waals surface area contributed by atoms with E-state index in [0.717, 1.165) is 44.7 Å². The SMILES string of the molecule is C=CCN=C(C)c1cc(C2=CC(=C)CC(=O)C=C2)c(C)cc1C(=C)C. The zero-order valence-electron chi connectivity index (χ0n) is 15.4. The number of ketones is 1. The van der Waals surface area contributed by atoms with Gasteiger partial charge in [-0.2, -0.15) is 0 Å². The van der Waals surface area contributed by atoms with Crippen molar-refractivity contribution in [2.75, 3.05) is 6.54 Å². The molecule has 1 aliphatic carbocycles. The average molecular weight is 331 g/mol. The van der Waals surface area contributed by atoms with Crippen LogP contribution in [-0.4, -0.2) is 18.0 Å². The molecule has 1 aliphatic rings. The molecule has 0 heterocycles. The Labute approximate surface area is 150 Å². The van der Waals surface area contributed by atoms with Gasteiger partial charge in [0.05, 0.1) is 6.54 Å². The van der Waals surface area contributed by atoms with Gasteiger partial charge in [-0.05, 0) is 60.8 Å². The maximum absolute atomic E-state index is 11.8. The van der Waals surface area contributed by atoms with Crippen molar-refractivity contribution < 1.29 is 4.79 Å². The van der Waals surface area contributed by atoms with Crippen LogP contribution in [0.25, 0.3) is 11.1 Å². The van der Waals surface area contributed by atoms with Gasteiger partial charge < -0.3 is 0 Å². The Hall–Kier alpha value is -2.74. The number of aliphatic imine (C=N–C) groups is 1. The predicted molar refractivity (Wildman–Crippen MR) is 109 cm³/mol. The molecule has 0 atom stereocenters. The molecule has 1 aromatic rings. The number of nitrogens with zero attached hydrogens (tertiary/aromatic N) is 1. The average Bonchev–Trinajstić information content (AvgIpc) is 2.72. The van der Waals surface area contributed by atoms with E-state index < -0.39 is 0 Å². The third-order valence-electron chi connectivity index (χ3n) is 4.19. The molecule has 2 heteroatoms. The Bertz CT molecular complexity index is 847. The lowest BCUT2D eigenvalue weighted by Crippen LogP contribution is -2.04. The van der Waals surface area contributed by atoms with Crippen LogP contribution in [0.5, 0.6) is 0 Å². The number of hydrogen-bond donors (Lipinski definition) is 0. The molecule has 0 unspecified atom stereocenters. The van der Waals surface area contributed by atoms with Gasteiger partial charge in [-0.1, -0.05) is 43.0 Å². The first-order chi connectivity index (χ1) is 11.8. The number of carbonyl (C=O) groups excluding carboxylic acids is 1. The molecule has 0 fully saturated rings. The molecule has 1 aromatic carbocycles. The van der Waals surface area contributed by atoms with Crippen molar-refractivity contribution in [3.8, 4) is 0 Å². The van der Waals surface area contributed by atoms with Crippen LogP contribution in [0, 0.1) is 6.92 Å². The molecule has 0 aliphatic heterocycles. The Balaban J connectivity index is 2.66. The first kappa shape index (κ1) is 18.6. The Morgan fingerprint density at radius 3 is 2.60 bits per heavy atom. The van der Waals surface area contributed by atoms with Crippen LogP contribution >= 0.6 is 0 Å². The smallest absolute Gasteiger partial charge is 0.160 e. The van der Waals surface area contributed by atoms with Gasteiger partial charge in [0.1, 0.15) is 0 Å². The number of carbonyl (C=O) groups is 1. The van der Waals surface area contributed by atoms with E-state index in [-0.39, 0.29) is 5.78 Å². The zero-order chi connectivity index (χ0) is 18.6. The van der Waals surface area contributed by atoms with Gasteiger partial charge in [0.2, 0.25) is 0 Å². The summed E-state index contributed by atoms with van der Waals surface area (Å²) in [6, 6.07) is 4.28. The highest BCUT2D eigenvalue weighted by Gasteiger charge is 2.14. The highest BCUT2D eigenvalue weighted by Crippen LogP contribution is 2.30. The van der Waals surface area contributed by atoms with Crippen molar-refractivity contribution in [2.24, 2.45) is 4.99 Å². The van der Waals surface area contributed by atoms with Crippen molar-refractivity contribution in [3.63, 3.8) is 0 Å². The van der Waals surface area contributed by atoms with Gasteiger partial charge >= 0.3 is 0 Å². The summed E-state index contributed by atoms with van der Waals surface area (Å²) >= 11 is 0. The van der Waals surface area contributed by atoms with E-state index in [9.17, 15) is 4.79 Å². The summed E-state index contributed by atoms with van der Waals surface area (Å²) < 4.78 is 0.